The zero-order valence-corrected chi connectivity index (χ0v) is 16.3. The average molecular weight is 409 g/mol. The monoisotopic (exact) mass is 408 g/mol. The van der Waals surface area contributed by atoms with Gasteiger partial charge in [-0.25, -0.2) is 4.68 Å². The Morgan fingerprint density at radius 1 is 1.31 bits per heavy atom. The highest BCUT2D eigenvalue weighted by Gasteiger charge is 2.42. The average Bonchev–Trinajstić information content (AvgIpc) is 3.22. The molecule has 3 aromatic rings. The molecule has 1 aliphatic heterocycles. The van der Waals surface area contributed by atoms with Gasteiger partial charge in [0.05, 0.1) is 21.6 Å². The molecule has 1 saturated heterocycles. The van der Waals surface area contributed by atoms with E-state index < -0.39 is 17.4 Å². The molecule has 2 aromatic carbocycles. The highest BCUT2D eigenvalue weighted by Crippen LogP contribution is 2.29. The van der Waals surface area contributed by atoms with Crippen LogP contribution in [0.5, 0.6) is 0 Å². The van der Waals surface area contributed by atoms with Crippen molar-refractivity contribution in [1.82, 2.24) is 14.7 Å². The first-order valence-electron chi connectivity index (χ1n) is 8.89. The number of fused-ring (bicyclic) bond motifs is 1. The second kappa shape index (κ2) is 6.92. The molecule has 1 fully saturated rings. The van der Waals surface area contributed by atoms with Crippen LogP contribution >= 0.6 is 11.6 Å². The molecule has 0 aliphatic carbocycles. The number of benzene rings is 2. The van der Waals surface area contributed by atoms with Crippen LogP contribution in [0, 0.1) is 11.8 Å². The maximum atomic E-state index is 12.1. The summed E-state index contributed by atoms with van der Waals surface area (Å²) in [7, 11) is 1.63. The van der Waals surface area contributed by atoms with Gasteiger partial charge in [-0.1, -0.05) is 35.6 Å². The number of amides is 2. The van der Waals surface area contributed by atoms with Crippen molar-refractivity contribution in [3.8, 4) is 17.5 Å². The first-order chi connectivity index (χ1) is 13.8. The lowest BCUT2D eigenvalue weighted by Gasteiger charge is -2.13. The maximum absolute atomic E-state index is 12.1. The summed E-state index contributed by atoms with van der Waals surface area (Å²) in [4.78, 5) is 25.4. The third-order valence-electron chi connectivity index (χ3n) is 4.90. The number of likely N-dealkylation sites (tertiary alicyclic amines) is 1. The Morgan fingerprint density at radius 3 is 2.76 bits per heavy atom. The fourth-order valence-corrected chi connectivity index (χ4v) is 3.62. The van der Waals surface area contributed by atoms with Crippen LogP contribution in [0.15, 0.2) is 42.5 Å². The molecule has 29 heavy (non-hydrogen) atoms. The van der Waals surface area contributed by atoms with Gasteiger partial charge >= 0.3 is 0 Å². The predicted molar refractivity (Wildman–Crippen MR) is 109 cm³/mol. The number of nitrogens with two attached hydrogens (primary N) is 1. The summed E-state index contributed by atoms with van der Waals surface area (Å²) in [6.07, 6.45) is 0.263. The van der Waals surface area contributed by atoms with Crippen LogP contribution in [0.25, 0.3) is 16.6 Å². The van der Waals surface area contributed by atoms with Crippen molar-refractivity contribution in [3.63, 3.8) is 0 Å². The van der Waals surface area contributed by atoms with Crippen molar-refractivity contribution >= 4 is 34.3 Å². The van der Waals surface area contributed by atoms with E-state index >= 15 is 0 Å². The minimum atomic E-state index is -1.67. The Kier molecular flexibility index (Phi) is 4.53. The quantitative estimate of drug-likeness (QED) is 0.630. The smallest absolute Gasteiger partial charge is 0.269 e. The molecule has 1 atom stereocenters. The van der Waals surface area contributed by atoms with Gasteiger partial charge in [0, 0.05) is 25.6 Å². The van der Waals surface area contributed by atoms with Crippen molar-refractivity contribution in [2.75, 3.05) is 13.6 Å². The van der Waals surface area contributed by atoms with E-state index in [-0.39, 0.29) is 12.1 Å². The number of aliphatic hydroxyl groups is 1. The number of rotatable bonds is 2. The van der Waals surface area contributed by atoms with E-state index in [0.717, 1.165) is 0 Å². The molecule has 0 saturated carbocycles. The lowest BCUT2D eigenvalue weighted by molar-refractivity contribution is -0.137. The third kappa shape index (κ3) is 3.23. The largest absolute Gasteiger partial charge is 0.369 e. The Hall–Kier alpha value is -3.34. The molecule has 0 spiro atoms. The second-order valence-electron chi connectivity index (χ2n) is 6.90. The van der Waals surface area contributed by atoms with E-state index in [1.54, 1.807) is 54.2 Å². The number of likely N-dealkylation sites (N-methyl/N-ethyl adjacent to an activating group) is 1. The van der Waals surface area contributed by atoms with Gasteiger partial charge in [-0.2, -0.15) is 5.10 Å². The van der Waals surface area contributed by atoms with Crippen molar-refractivity contribution in [3.05, 3.63) is 58.7 Å². The van der Waals surface area contributed by atoms with Gasteiger partial charge in [0.2, 0.25) is 5.60 Å². The first kappa shape index (κ1) is 19.0. The molecule has 4 rings (SSSR count). The standard InChI is InChI=1S/C21H17ClN4O3/c1-25-11-10-21(29,20(25)28)9-8-13-4-2-5-14(12-13)26-16-7-3-6-15(22)17(16)18(24-26)19(23)27/h2-7,12,29H,10-11H2,1H3,(H2,23,27)/t21-/m0/s1. The minimum absolute atomic E-state index is 0.0796. The molecule has 0 unspecified atom stereocenters. The SMILES string of the molecule is CN1CC[C@@](O)(C#Cc2cccc(-n3nc(C(N)=O)c4c(Cl)cccc43)c2)C1=O. The summed E-state index contributed by atoms with van der Waals surface area (Å²) < 4.78 is 1.57. The minimum Gasteiger partial charge on any atom is -0.369 e. The van der Waals surface area contributed by atoms with Crippen molar-refractivity contribution in [1.29, 1.82) is 0 Å². The maximum Gasteiger partial charge on any atom is 0.269 e. The number of primary amides is 1. The number of halogens is 1. The van der Waals surface area contributed by atoms with E-state index in [1.807, 2.05) is 0 Å². The Morgan fingerprint density at radius 2 is 2.07 bits per heavy atom. The van der Waals surface area contributed by atoms with Gasteiger partial charge in [-0.3, -0.25) is 9.59 Å². The Labute approximate surface area is 171 Å². The zero-order chi connectivity index (χ0) is 20.8. The Balaban J connectivity index is 1.78. The van der Waals surface area contributed by atoms with E-state index in [2.05, 4.69) is 16.9 Å². The van der Waals surface area contributed by atoms with E-state index in [9.17, 15) is 14.7 Å². The van der Waals surface area contributed by atoms with Crippen LogP contribution in [0.3, 0.4) is 0 Å². The number of aromatic nitrogens is 2. The van der Waals surface area contributed by atoms with E-state index in [4.69, 9.17) is 17.3 Å². The van der Waals surface area contributed by atoms with Crippen molar-refractivity contribution < 1.29 is 14.7 Å². The molecule has 146 valence electrons. The molecular weight excluding hydrogens is 392 g/mol. The summed E-state index contributed by atoms with van der Waals surface area (Å²) in [5.41, 5.74) is 5.73. The molecule has 3 N–H and O–H groups in total. The number of carbonyl (C=O) groups excluding carboxylic acids is 2. The van der Waals surface area contributed by atoms with Gasteiger partial charge in [-0.05, 0) is 30.3 Å². The first-order valence-corrected chi connectivity index (χ1v) is 9.26. The highest BCUT2D eigenvalue weighted by atomic mass is 35.5. The fourth-order valence-electron chi connectivity index (χ4n) is 3.36. The lowest BCUT2D eigenvalue weighted by atomic mass is 10.0. The van der Waals surface area contributed by atoms with Crippen molar-refractivity contribution in [2.24, 2.45) is 5.73 Å². The number of hydrogen-bond acceptors (Lipinski definition) is 4. The molecule has 1 aliphatic rings. The van der Waals surface area contributed by atoms with Gasteiger partial charge in [0.15, 0.2) is 5.69 Å². The summed E-state index contributed by atoms with van der Waals surface area (Å²) >= 11 is 6.25. The topological polar surface area (TPSA) is 101 Å². The number of nitrogens with zero attached hydrogens (tertiary/aromatic N) is 3. The Bertz CT molecular complexity index is 1220. The van der Waals surface area contributed by atoms with Crippen LogP contribution in [0.1, 0.15) is 22.5 Å². The van der Waals surface area contributed by atoms with Gasteiger partial charge in [0.1, 0.15) is 0 Å². The normalized spacial score (nSPS) is 18.7. The van der Waals surface area contributed by atoms with Crippen molar-refractivity contribution in [2.45, 2.75) is 12.0 Å². The van der Waals surface area contributed by atoms with Gasteiger partial charge in [-0.15, -0.1) is 0 Å². The van der Waals surface area contributed by atoms with E-state index in [0.29, 0.717) is 33.7 Å². The van der Waals surface area contributed by atoms with Crippen LogP contribution in [0.4, 0.5) is 0 Å². The molecule has 0 bridgehead atoms. The second-order valence-corrected chi connectivity index (χ2v) is 7.30. The van der Waals surface area contributed by atoms with E-state index in [1.165, 1.54) is 4.90 Å². The summed E-state index contributed by atoms with van der Waals surface area (Å²) in [6, 6.07) is 12.3. The molecule has 0 radical (unpaired) electrons. The van der Waals surface area contributed by atoms with Crippen LogP contribution in [-0.2, 0) is 4.79 Å². The molecule has 1 aromatic heterocycles. The highest BCUT2D eigenvalue weighted by molar-refractivity contribution is 6.36. The lowest BCUT2D eigenvalue weighted by Crippen LogP contribution is -2.37. The predicted octanol–water partition coefficient (Wildman–Crippen LogP) is 1.72. The number of carbonyl (C=O) groups is 2. The summed E-state index contributed by atoms with van der Waals surface area (Å²) in [5.74, 6) is 4.48. The summed E-state index contributed by atoms with van der Waals surface area (Å²) in [5, 5.41) is 15.7. The molecule has 8 heteroatoms. The molecule has 7 nitrogen and oxygen atoms in total. The fraction of sp³-hybridized carbons (Fsp3) is 0.190. The third-order valence-corrected chi connectivity index (χ3v) is 5.22. The van der Waals surface area contributed by atoms with Crippen LogP contribution < -0.4 is 5.73 Å². The van der Waals surface area contributed by atoms with Crippen LogP contribution in [0.2, 0.25) is 5.02 Å². The van der Waals surface area contributed by atoms with Gasteiger partial charge < -0.3 is 15.7 Å². The molecular formula is C21H17ClN4O3. The molecule has 2 amide bonds. The summed E-state index contributed by atoms with van der Waals surface area (Å²) in [6.45, 7) is 0.458. The van der Waals surface area contributed by atoms with Gasteiger partial charge in [0.25, 0.3) is 11.8 Å². The zero-order valence-electron chi connectivity index (χ0n) is 15.5. The number of hydrogen-bond donors (Lipinski definition) is 2. The van der Waals surface area contributed by atoms with Crippen LogP contribution in [-0.4, -0.2) is 50.8 Å². The molecule has 2 heterocycles.